The van der Waals surface area contributed by atoms with Gasteiger partial charge in [-0.15, -0.1) is 12.4 Å². The number of carbonyl (C=O) groups excluding carboxylic acids is 1. The van der Waals surface area contributed by atoms with Crippen molar-refractivity contribution < 1.29 is 9.53 Å². The van der Waals surface area contributed by atoms with Gasteiger partial charge < -0.3 is 15.8 Å². The molecule has 0 aromatic rings. The van der Waals surface area contributed by atoms with Crippen molar-refractivity contribution in [2.24, 2.45) is 5.73 Å². The average molecular weight is 326 g/mol. The predicted molar refractivity (Wildman–Crippen MR) is 87.7 cm³/mol. The van der Waals surface area contributed by atoms with Gasteiger partial charge in [-0.25, -0.2) is 0 Å². The number of hydrogen-bond donors (Lipinski definition) is 2. The van der Waals surface area contributed by atoms with Gasteiger partial charge in [0.15, 0.2) is 0 Å². The van der Waals surface area contributed by atoms with Crippen molar-refractivity contribution >= 4 is 30.1 Å². The molecule has 20 heavy (non-hydrogen) atoms. The monoisotopic (exact) mass is 325 g/mol. The smallest absolute Gasteiger partial charge is 0.237 e. The number of amides is 1. The second-order valence-electron chi connectivity index (χ2n) is 5.07. The molecule has 2 unspecified atom stereocenters. The van der Waals surface area contributed by atoms with Crippen LogP contribution < -0.4 is 11.1 Å². The van der Waals surface area contributed by atoms with Gasteiger partial charge in [-0.3, -0.25) is 9.69 Å². The molecule has 0 aliphatic carbocycles. The standard InChI is InChI=1S/C13H27N3O2S.ClH/c1-10(11(2)16-5-7-18-8-6-16)15-13(17)12(14)4-9-19-3;/h10-12H,4-9,14H2,1-3H3,(H,15,17);1H/t10?,11?,12-;/m0./s1. The SMILES string of the molecule is CSCC[C@H](N)C(=O)NC(C)C(C)N1CCOCC1.Cl. The Morgan fingerprint density at radius 2 is 2.00 bits per heavy atom. The van der Waals surface area contributed by atoms with E-state index in [-0.39, 0.29) is 24.4 Å². The number of thioether (sulfide) groups is 1. The topological polar surface area (TPSA) is 67.6 Å². The van der Waals surface area contributed by atoms with Gasteiger partial charge in [0.1, 0.15) is 0 Å². The van der Waals surface area contributed by atoms with Crippen LogP contribution in [0.2, 0.25) is 0 Å². The number of carbonyl (C=O) groups is 1. The van der Waals surface area contributed by atoms with E-state index in [0.717, 1.165) is 38.5 Å². The van der Waals surface area contributed by atoms with Crippen molar-refractivity contribution in [2.75, 3.05) is 38.3 Å². The van der Waals surface area contributed by atoms with Crippen LogP contribution in [0.3, 0.4) is 0 Å². The lowest BCUT2D eigenvalue weighted by atomic mass is 10.1. The summed E-state index contributed by atoms with van der Waals surface area (Å²) >= 11 is 1.71. The fourth-order valence-corrected chi connectivity index (χ4v) is 2.62. The molecule has 120 valence electrons. The van der Waals surface area contributed by atoms with Gasteiger partial charge in [0.2, 0.25) is 5.91 Å². The number of nitrogens with one attached hydrogen (secondary N) is 1. The summed E-state index contributed by atoms with van der Waals surface area (Å²) in [5.41, 5.74) is 5.87. The Hall–Kier alpha value is -0.0100. The van der Waals surface area contributed by atoms with Crippen molar-refractivity contribution in [3.05, 3.63) is 0 Å². The summed E-state index contributed by atoms with van der Waals surface area (Å²) in [5.74, 6) is 0.879. The molecule has 0 radical (unpaired) electrons. The highest BCUT2D eigenvalue weighted by molar-refractivity contribution is 7.98. The molecule has 7 heteroatoms. The third-order valence-corrected chi connectivity index (χ3v) is 4.33. The Labute approximate surface area is 132 Å². The van der Waals surface area contributed by atoms with Crippen LogP contribution in [0, 0.1) is 0 Å². The van der Waals surface area contributed by atoms with Crippen LogP contribution in [0.1, 0.15) is 20.3 Å². The van der Waals surface area contributed by atoms with Gasteiger partial charge in [0, 0.05) is 25.2 Å². The third-order valence-electron chi connectivity index (χ3n) is 3.68. The van der Waals surface area contributed by atoms with Crippen LogP contribution >= 0.6 is 24.2 Å². The van der Waals surface area contributed by atoms with Crippen LogP contribution in [0.5, 0.6) is 0 Å². The summed E-state index contributed by atoms with van der Waals surface area (Å²) in [6, 6.07) is 0.0123. The zero-order valence-corrected chi connectivity index (χ0v) is 14.3. The highest BCUT2D eigenvalue weighted by Crippen LogP contribution is 2.08. The Kier molecular flexibility index (Phi) is 10.7. The second-order valence-corrected chi connectivity index (χ2v) is 6.06. The van der Waals surface area contributed by atoms with Gasteiger partial charge >= 0.3 is 0 Å². The first-order valence-corrected chi connectivity index (χ1v) is 8.32. The molecule has 3 atom stereocenters. The van der Waals surface area contributed by atoms with Crippen molar-refractivity contribution in [3.63, 3.8) is 0 Å². The van der Waals surface area contributed by atoms with Gasteiger partial charge in [-0.05, 0) is 32.3 Å². The number of nitrogens with two attached hydrogens (primary N) is 1. The first kappa shape index (κ1) is 20.0. The molecule has 1 saturated heterocycles. The average Bonchev–Trinajstić information content (AvgIpc) is 2.44. The Balaban J connectivity index is 0.00000361. The summed E-state index contributed by atoms with van der Waals surface area (Å²) in [6.45, 7) is 7.60. The molecular formula is C13H28ClN3O2S. The van der Waals surface area contributed by atoms with Gasteiger partial charge in [0.25, 0.3) is 0 Å². The molecule has 1 aliphatic heterocycles. The van der Waals surface area contributed by atoms with Crippen LogP contribution in [0.4, 0.5) is 0 Å². The highest BCUT2D eigenvalue weighted by Gasteiger charge is 2.24. The Bertz CT molecular complexity index is 278. The molecule has 1 fully saturated rings. The van der Waals surface area contributed by atoms with Crippen molar-refractivity contribution in [3.8, 4) is 0 Å². The maximum atomic E-state index is 12.0. The van der Waals surface area contributed by atoms with E-state index < -0.39 is 6.04 Å². The molecule has 1 heterocycles. The summed E-state index contributed by atoms with van der Waals surface area (Å²) in [5, 5.41) is 3.03. The van der Waals surface area contributed by atoms with Crippen LogP contribution in [0.15, 0.2) is 0 Å². The maximum Gasteiger partial charge on any atom is 0.237 e. The number of halogens is 1. The minimum atomic E-state index is -0.396. The first-order valence-electron chi connectivity index (χ1n) is 6.93. The number of nitrogens with zero attached hydrogens (tertiary/aromatic N) is 1. The van der Waals surface area contributed by atoms with E-state index in [0.29, 0.717) is 6.04 Å². The highest BCUT2D eigenvalue weighted by atomic mass is 35.5. The molecule has 1 aliphatic rings. The van der Waals surface area contributed by atoms with E-state index in [4.69, 9.17) is 10.5 Å². The van der Waals surface area contributed by atoms with Crippen molar-refractivity contribution in [2.45, 2.75) is 38.4 Å². The summed E-state index contributed by atoms with van der Waals surface area (Å²) in [6.07, 6.45) is 2.75. The lowest BCUT2D eigenvalue weighted by molar-refractivity contribution is -0.123. The molecule has 3 N–H and O–H groups in total. The quantitative estimate of drug-likeness (QED) is 0.722. The van der Waals surface area contributed by atoms with E-state index in [2.05, 4.69) is 17.1 Å². The van der Waals surface area contributed by atoms with Crippen LogP contribution in [-0.2, 0) is 9.53 Å². The fourth-order valence-electron chi connectivity index (χ4n) is 2.13. The summed E-state index contributed by atoms with van der Waals surface area (Å²) in [4.78, 5) is 14.3. The molecule has 0 bridgehead atoms. The van der Waals surface area contributed by atoms with Crippen molar-refractivity contribution in [1.82, 2.24) is 10.2 Å². The lowest BCUT2D eigenvalue weighted by Crippen LogP contribution is -2.54. The van der Waals surface area contributed by atoms with Gasteiger partial charge in [-0.2, -0.15) is 11.8 Å². The minimum Gasteiger partial charge on any atom is -0.379 e. The molecule has 5 nitrogen and oxygen atoms in total. The number of hydrogen-bond acceptors (Lipinski definition) is 5. The molecule has 0 spiro atoms. The lowest BCUT2D eigenvalue weighted by Gasteiger charge is -2.36. The summed E-state index contributed by atoms with van der Waals surface area (Å²) < 4.78 is 5.34. The third kappa shape index (κ3) is 6.63. The normalized spacial score (nSPS) is 20.6. The van der Waals surface area contributed by atoms with E-state index >= 15 is 0 Å². The fraction of sp³-hybridized carbons (Fsp3) is 0.923. The Morgan fingerprint density at radius 1 is 1.40 bits per heavy atom. The van der Waals surface area contributed by atoms with Crippen LogP contribution in [-0.4, -0.2) is 67.2 Å². The molecule has 0 aromatic heterocycles. The zero-order valence-electron chi connectivity index (χ0n) is 12.6. The van der Waals surface area contributed by atoms with E-state index in [9.17, 15) is 4.79 Å². The minimum absolute atomic E-state index is 0. The van der Waals surface area contributed by atoms with Gasteiger partial charge in [-0.1, -0.05) is 0 Å². The molecule has 1 amide bonds. The molecule has 0 aromatic carbocycles. The molecule has 0 saturated carbocycles. The largest absolute Gasteiger partial charge is 0.379 e. The van der Waals surface area contributed by atoms with Gasteiger partial charge in [0.05, 0.1) is 19.3 Å². The predicted octanol–water partition coefficient (Wildman–Crippen LogP) is 0.714. The zero-order chi connectivity index (χ0) is 14.3. The molecule has 1 rings (SSSR count). The van der Waals surface area contributed by atoms with E-state index in [1.165, 1.54) is 0 Å². The number of morpholine rings is 1. The maximum absolute atomic E-state index is 12.0. The van der Waals surface area contributed by atoms with Crippen molar-refractivity contribution in [1.29, 1.82) is 0 Å². The first-order chi connectivity index (χ1) is 9.06. The number of ether oxygens (including phenoxy) is 1. The van der Waals surface area contributed by atoms with E-state index in [1.54, 1.807) is 11.8 Å². The summed E-state index contributed by atoms with van der Waals surface area (Å²) in [7, 11) is 0. The Morgan fingerprint density at radius 3 is 2.55 bits per heavy atom. The number of rotatable bonds is 7. The van der Waals surface area contributed by atoms with E-state index in [1.807, 2.05) is 13.2 Å². The second kappa shape index (κ2) is 10.7. The van der Waals surface area contributed by atoms with Crippen LogP contribution in [0.25, 0.3) is 0 Å². The molecular weight excluding hydrogens is 298 g/mol.